The van der Waals surface area contributed by atoms with E-state index in [9.17, 15) is 0 Å². The van der Waals surface area contributed by atoms with Crippen molar-refractivity contribution in [3.63, 3.8) is 0 Å². The third kappa shape index (κ3) is 4.32. The highest BCUT2D eigenvalue weighted by Gasteiger charge is 2.17. The van der Waals surface area contributed by atoms with Crippen LogP contribution in [-0.2, 0) is 12.3 Å². The van der Waals surface area contributed by atoms with Crippen LogP contribution in [0.3, 0.4) is 0 Å². The first-order chi connectivity index (χ1) is 13.4. The highest BCUT2D eigenvalue weighted by molar-refractivity contribution is 7.98. The smallest absolute Gasteiger partial charge is 0.237 e. The first kappa shape index (κ1) is 20.3. The number of hydrogen-bond donors (Lipinski definition) is 0. The Morgan fingerprint density at radius 3 is 2.61 bits per heavy atom. The summed E-state index contributed by atoms with van der Waals surface area (Å²) >= 11 is 1.61. The number of rotatable bonds is 8. The van der Waals surface area contributed by atoms with E-state index >= 15 is 0 Å². The van der Waals surface area contributed by atoms with Crippen LogP contribution in [-0.4, -0.2) is 33.9 Å². The van der Waals surface area contributed by atoms with Gasteiger partial charge in [0.05, 0.1) is 31.2 Å². The maximum atomic E-state index is 5.45. The van der Waals surface area contributed by atoms with Crippen LogP contribution in [0.25, 0.3) is 11.4 Å². The molecule has 0 spiro atoms. The number of methoxy groups -OCH3 is 2. The number of nitrogens with zero attached hydrogens (tertiary/aromatic N) is 4. The molecule has 1 aromatic carbocycles. The normalized spacial score (nSPS) is 11.2. The van der Waals surface area contributed by atoms with E-state index in [1.54, 1.807) is 32.0 Å². The number of imidazole rings is 1. The molecular formula is C20H26N4O3S. The molecule has 8 heteroatoms. The maximum absolute atomic E-state index is 5.45. The summed E-state index contributed by atoms with van der Waals surface area (Å²) < 4.78 is 18.4. The summed E-state index contributed by atoms with van der Waals surface area (Å²) in [6, 6.07) is 5.51. The minimum atomic E-state index is 0.494. The molecule has 2 aromatic heterocycles. The van der Waals surface area contributed by atoms with Gasteiger partial charge in [0.25, 0.3) is 0 Å². The molecule has 3 rings (SSSR count). The lowest BCUT2D eigenvalue weighted by Crippen LogP contribution is -2.07. The molecule has 0 saturated heterocycles. The Morgan fingerprint density at radius 2 is 1.93 bits per heavy atom. The van der Waals surface area contributed by atoms with Crippen molar-refractivity contribution in [2.75, 3.05) is 14.2 Å². The van der Waals surface area contributed by atoms with Gasteiger partial charge in [-0.3, -0.25) is 0 Å². The molecule has 0 unspecified atom stereocenters. The van der Waals surface area contributed by atoms with Crippen LogP contribution < -0.4 is 9.47 Å². The van der Waals surface area contributed by atoms with Crippen molar-refractivity contribution in [1.29, 1.82) is 0 Å². The quantitative estimate of drug-likeness (QED) is 0.513. The van der Waals surface area contributed by atoms with Crippen LogP contribution in [0.4, 0.5) is 0 Å². The summed E-state index contributed by atoms with van der Waals surface area (Å²) in [7, 11) is 3.22. The van der Waals surface area contributed by atoms with E-state index in [0.29, 0.717) is 34.9 Å². The van der Waals surface area contributed by atoms with Gasteiger partial charge in [0.2, 0.25) is 11.7 Å². The molecule has 7 nitrogen and oxygen atoms in total. The minimum absolute atomic E-state index is 0.494. The monoisotopic (exact) mass is 402 g/mol. The highest BCUT2D eigenvalue weighted by atomic mass is 32.2. The Bertz CT molecular complexity index is 949. The van der Waals surface area contributed by atoms with E-state index < -0.39 is 0 Å². The lowest BCUT2D eigenvalue weighted by molar-refractivity contribution is 0.388. The van der Waals surface area contributed by atoms with Gasteiger partial charge < -0.3 is 18.6 Å². The number of aromatic nitrogens is 4. The summed E-state index contributed by atoms with van der Waals surface area (Å²) in [5, 5.41) is 5.09. The van der Waals surface area contributed by atoms with Crippen LogP contribution in [0.2, 0.25) is 0 Å². The summed E-state index contributed by atoms with van der Waals surface area (Å²) in [6.45, 7) is 9.49. The van der Waals surface area contributed by atoms with Gasteiger partial charge in [-0.05, 0) is 31.9 Å². The zero-order chi connectivity index (χ0) is 20.3. The van der Waals surface area contributed by atoms with Crippen LogP contribution in [0.5, 0.6) is 11.5 Å². The van der Waals surface area contributed by atoms with Gasteiger partial charge in [0.1, 0.15) is 11.5 Å². The third-order valence-corrected chi connectivity index (χ3v) is 5.37. The van der Waals surface area contributed by atoms with Gasteiger partial charge in [0, 0.05) is 18.3 Å². The van der Waals surface area contributed by atoms with Gasteiger partial charge in [-0.15, -0.1) is 0 Å². The Morgan fingerprint density at radius 1 is 1.14 bits per heavy atom. The zero-order valence-corrected chi connectivity index (χ0v) is 18.0. The van der Waals surface area contributed by atoms with Gasteiger partial charge in [0.15, 0.2) is 5.16 Å². The second-order valence-corrected chi connectivity index (χ2v) is 7.88. The largest absolute Gasteiger partial charge is 0.497 e. The van der Waals surface area contributed by atoms with Crippen LogP contribution >= 0.6 is 11.8 Å². The van der Waals surface area contributed by atoms with Crippen LogP contribution in [0.1, 0.15) is 31.1 Å². The summed E-state index contributed by atoms with van der Waals surface area (Å²) in [4.78, 5) is 9.21. The molecule has 3 aromatic rings. The number of aryl methyl sites for hydroxylation is 1. The molecule has 0 aliphatic carbocycles. The van der Waals surface area contributed by atoms with Crippen molar-refractivity contribution in [2.45, 2.75) is 45.1 Å². The zero-order valence-electron chi connectivity index (χ0n) is 17.1. The van der Waals surface area contributed by atoms with E-state index in [1.807, 2.05) is 19.1 Å². The van der Waals surface area contributed by atoms with Crippen molar-refractivity contribution in [2.24, 2.45) is 5.92 Å². The topological polar surface area (TPSA) is 75.2 Å². The molecule has 0 saturated carbocycles. The van der Waals surface area contributed by atoms with Crippen molar-refractivity contribution in [3.05, 3.63) is 35.5 Å². The van der Waals surface area contributed by atoms with E-state index in [2.05, 4.69) is 35.5 Å². The molecule has 28 heavy (non-hydrogen) atoms. The molecule has 0 aliphatic heterocycles. The summed E-state index contributed by atoms with van der Waals surface area (Å²) in [5.74, 6) is 3.49. The second kappa shape index (κ2) is 8.68. The first-order valence-corrected chi connectivity index (χ1v) is 10.1. The third-order valence-electron chi connectivity index (χ3n) is 4.41. The summed E-state index contributed by atoms with van der Waals surface area (Å²) in [6.07, 6.45) is 0. The van der Waals surface area contributed by atoms with E-state index in [-0.39, 0.29) is 0 Å². The first-order valence-electron chi connectivity index (χ1n) is 9.14. The van der Waals surface area contributed by atoms with Crippen molar-refractivity contribution in [1.82, 2.24) is 19.7 Å². The van der Waals surface area contributed by atoms with Crippen LogP contribution in [0, 0.1) is 19.8 Å². The predicted molar refractivity (Wildman–Crippen MR) is 109 cm³/mol. The molecule has 0 bridgehead atoms. The fraction of sp³-hybridized carbons (Fsp3) is 0.450. The van der Waals surface area contributed by atoms with Crippen LogP contribution in [0.15, 0.2) is 27.9 Å². The molecule has 150 valence electrons. The Balaban J connectivity index is 1.77. The fourth-order valence-corrected chi connectivity index (χ4v) is 3.78. The molecule has 0 aliphatic rings. The molecule has 0 N–H and O–H groups in total. The summed E-state index contributed by atoms with van der Waals surface area (Å²) in [5.41, 5.74) is 3.01. The standard InChI is InChI=1S/C20H26N4O3S/c1-12(2)10-24-14(4)13(3)21-20(24)28-11-18-22-19(23-27-18)16-8-7-15(25-5)9-17(16)26-6/h7-9,12H,10-11H2,1-6H3. The number of hydrogen-bond acceptors (Lipinski definition) is 7. The van der Waals surface area contributed by atoms with E-state index in [0.717, 1.165) is 23.0 Å². The molecule has 0 atom stereocenters. The number of benzene rings is 1. The molecule has 0 radical (unpaired) electrons. The minimum Gasteiger partial charge on any atom is -0.497 e. The Kier molecular flexibility index (Phi) is 6.28. The second-order valence-electron chi connectivity index (χ2n) is 6.94. The molecular weight excluding hydrogens is 376 g/mol. The lowest BCUT2D eigenvalue weighted by Gasteiger charge is -2.11. The van der Waals surface area contributed by atoms with Crippen molar-refractivity contribution in [3.8, 4) is 22.9 Å². The van der Waals surface area contributed by atoms with E-state index in [4.69, 9.17) is 19.0 Å². The van der Waals surface area contributed by atoms with Gasteiger partial charge in [-0.25, -0.2) is 4.98 Å². The molecule has 2 heterocycles. The van der Waals surface area contributed by atoms with Gasteiger partial charge in [-0.1, -0.05) is 30.8 Å². The lowest BCUT2D eigenvalue weighted by atomic mass is 10.2. The molecule has 0 fully saturated rings. The molecule has 0 amide bonds. The fourth-order valence-electron chi connectivity index (χ4n) is 2.85. The highest BCUT2D eigenvalue weighted by Crippen LogP contribution is 2.32. The maximum Gasteiger partial charge on any atom is 0.237 e. The van der Waals surface area contributed by atoms with E-state index in [1.165, 1.54) is 5.69 Å². The number of thioether (sulfide) groups is 1. The predicted octanol–water partition coefficient (Wildman–Crippen LogP) is 4.52. The van der Waals surface area contributed by atoms with Gasteiger partial charge in [-0.2, -0.15) is 4.98 Å². The van der Waals surface area contributed by atoms with Crippen molar-refractivity contribution < 1.29 is 14.0 Å². The average Bonchev–Trinajstić information content (AvgIpc) is 3.25. The Labute approximate surface area is 169 Å². The van der Waals surface area contributed by atoms with Gasteiger partial charge >= 0.3 is 0 Å². The average molecular weight is 403 g/mol. The number of ether oxygens (including phenoxy) is 2. The SMILES string of the molecule is COc1ccc(-c2noc(CSc3nc(C)c(C)n3CC(C)C)n2)c(OC)c1. The van der Waals surface area contributed by atoms with Crippen molar-refractivity contribution >= 4 is 11.8 Å². The Hall–Kier alpha value is -2.48.